The van der Waals surface area contributed by atoms with Crippen LogP contribution in [0.5, 0.6) is 0 Å². The zero-order valence-electron chi connectivity index (χ0n) is 11.9. The summed E-state index contributed by atoms with van der Waals surface area (Å²) in [4.78, 5) is 11.3. The smallest absolute Gasteiger partial charge is 0.307 e. The van der Waals surface area contributed by atoms with Crippen molar-refractivity contribution < 1.29 is 18.3 Å². The third-order valence-corrected chi connectivity index (χ3v) is 5.89. The summed E-state index contributed by atoms with van der Waals surface area (Å²) in [5, 5.41) is 9.11. The molecule has 0 saturated carbocycles. The van der Waals surface area contributed by atoms with Gasteiger partial charge in [0.2, 0.25) is 10.0 Å². The van der Waals surface area contributed by atoms with Crippen LogP contribution in [0.25, 0.3) is 6.08 Å². The van der Waals surface area contributed by atoms with Gasteiger partial charge < -0.3 is 5.11 Å². The Hall–Kier alpha value is -1.66. The Labute approximate surface area is 124 Å². The summed E-state index contributed by atoms with van der Waals surface area (Å²) in [5.74, 6) is -1.58. The molecule has 1 saturated heterocycles. The first-order valence-corrected chi connectivity index (χ1v) is 8.27. The number of piperidine rings is 1. The first-order chi connectivity index (χ1) is 9.86. The molecule has 1 heterocycles. The lowest BCUT2D eigenvalue weighted by molar-refractivity contribution is -0.143. The second-order valence-corrected chi connectivity index (χ2v) is 7.20. The molecule has 0 radical (unpaired) electrons. The highest BCUT2D eigenvalue weighted by molar-refractivity contribution is 7.89. The summed E-state index contributed by atoms with van der Waals surface area (Å²) in [6.45, 7) is 5.47. The Balaban J connectivity index is 2.31. The van der Waals surface area contributed by atoms with Gasteiger partial charge in [0, 0.05) is 12.6 Å². The molecular weight excluding hydrogens is 290 g/mol. The monoisotopic (exact) mass is 309 g/mol. The molecule has 1 aliphatic heterocycles. The van der Waals surface area contributed by atoms with Gasteiger partial charge in [-0.3, -0.25) is 4.79 Å². The second kappa shape index (κ2) is 5.99. The van der Waals surface area contributed by atoms with Crippen molar-refractivity contribution in [1.29, 1.82) is 0 Å². The molecule has 1 aromatic carbocycles. The van der Waals surface area contributed by atoms with Gasteiger partial charge in [-0.25, -0.2) is 8.42 Å². The third-order valence-electron chi connectivity index (χ3n) is 3.90. The Morgan fingerprint density at radius 2 is 1.95 bits per heavy atom. The predicted molar refractivity (Wildman–Crippen MR) is 80.2 cm³/mol. The fraction of sp³-hybridized carbons (Fsp3) is 0.400. The molecule has 0 spiro atoms. The zero-order valence-corrected chi connectivity index (χ0v) is 12.7. The van der Waals surface area contributed by atoms with E-state index in [1.54, 1.807) is 18.2 Å². The summed E-state index contributed by atoms with van der Waals surface area (Å²) in [7, 11) is -3.67. The molecule has 0 aliphatic carbocycles. The Morgan fingerprint density at radius 3 is 2.48 bits per heavy atom. The molecule has 1 N–H and O–H groups in total. The zero-order chi connectivity index (χ0) is 15.6. The minimum Gasteiger partial charge on any atom is -0.481 e. The van der Waals surface area contributed by atoms with E-state index in [1.807, 2.05) is 6.92 Å². The van der Waals surface area contributed by atoms with Crippen molar-refractivity contribution in [3.63, 3.8) is 0 Å². The van der Waals surface area contributed by atoms with E-state index in [0.717, 1.165) is 5.56 Å². The number of hydrogen-bond donors (Lipinski definition) is 1. The van der Waals surface area contributed by atoms with E-state index in [-0.39, 0.29) is 17.5 Å². The summed E-state index contributed by atoms with van der Waals surface area (Å²) >= 11 is 0. The molecule has 114 valence electrons. The molecule has 2 unspecified atom stereocenters. The van der Waals surface area contributed by atoms with Crippen LogP contribution in [0.2, 0.25) is 0 Å². The molecule has 0 aromatic heterocycles. The van der Waals surface area contributed by atoms with Crippen LogP contribution < -0.4 is 0 Å². The van der Waals surface area contributed by atoms with Crippen LogP contribution in [-0.2, 0) is 14.8 Å². The molecule has 0 bridgehead atoms. The maximum Gasteiger partial charge on any atom is 0.307 e. The molecular formula is C15H19NO4S. The minimum atomic E-state index is -3.67. The number of aliphatic carboxylic acids is 1. The van der Waals surface area contributed by atoms with Gasteiger partial charge in [0.1, 0.15) is 0 Å². The van der Waals surface area contributed by atoms with Gasteiger partial charge in [-0.2, -0.15) is 4.31 Å². The topological polar surface area (TPSA) is 74.7 Å². The lowest BCUT2D eigenvalue weighted by atomic mass is 9.96. The van der Waals surface area contributed by atoms with Crippen LogP contribution in [-0.4, -0.2) is 36.4 Å². The number of hydrogen-bond acceptors (Lipinski definition) is 3. The molecule has 5 nitrogen and oxygen atoms in total. The summed E-state index contributed by atoms with van der Waals surface area (Å²) in [6, 6.07) is 6.24. The number of benzene rings is 1. The molecule has 1 fully saturated rings. The number of rotatable bonds is 4. The van der Waals surface area contributed by atoms with Crippen molar-refractivity contribution in [2.75, 3.05) is 6.54 Å². The van der Waals surface area contributed by atoms with Crippen LogP contribution in [0.15, 0.2) is 35.7 Å². The van der Waals surface area contributed by atoms with Gasteiger partial charge in [-0.1, -0.05) is 24.8 Å². The standard InChI is InChI=1S/C15H19NO4S/c1-3-12-5-8-14(9-6-12)21(19,20)16-10-13(15(17)18)7-4-11(16)2/h3,5-6,8-9,11,13H,1,4,7,10H2,2H3,(H,17,18). The molecule has 0 amide bonds. The maximum atomic E-state index is 12.7. The Bertz CT molecular complexity index is 636. The predicted octanol–water partition coefficient (Wildman–Crippen LogP) is 2.20. The van der Waals surface area contributed by atoms with Crippen LogP contribution in [0.4, 0.5) is 0 Å². The van der Waals surface area contributed by atoms with Gasteiger partial charge in [-0.15, -0.1) is 0 Å². The van der Waals surface area contributed by atoms with E-state index in [2.05, 4.69) is 6.58 Å². The van der Waals surface area contributed by atoms with E-state index in [4.69, 9.17) is 5.11 Å². The van der Waals surface area contributed by atoms with E-state index >= 15 is 0 Å². The minimum absolute atomic E-state index is 0.0298. The number of nitrogens with zero attached hydrogens (tertiary/aromatic N) is 1. The highest BCUT2D eigenvalue weighted by Gasteiger charge is 2.37. The highest BCUT2D eigenvalue weighted by atomic mass is 32.2. The van der Waals surface area contributed by atoms with Crippen LogP contribution in [0, 0.1) is 5.92 Å². The summed E-state index contributed by atoms with van der Waals surface area (Å²) in [6.07, 6.45) is 2.71. The fourth-order valence-electron chi connectivity index (χ4n) is 2.52. The fourth-order valence-corrected chi connectivity index (χ4v) is 4.23. The van der Waals surface area contributed by atoms with Crippen molar-refractivity contribution in [3.05, 3.63) is 36.4 Å². The molecule has 2 atom stereocenters. The van der Waals surface area contributed by atoms with Gasteiger partial charge in [0.15, 0.2) is 0 Å². The van der Waals surface area contributed by atoms with Crippen molar-refractivity contribution in [2.24, 2.45) is 5.92 Å². The van der Waals surface area contributed by atoms with Gasteiger partial charge >= 0.3 is 5.97 Å². The number of carboxylic acids is 1. The molecule has 1 aliphatic rings. The van der Waals surface area contributed by atoms with Crippen LogP contribution >= 0.6 is 0 Å². The largest absolute Gasteiger partial charge is 0.481 e. The second-order valence-electron chi connectivity index (χ2n) is 5.31. The van der Waals surface area contributed by atoms with Crippen molar-refractivity contribution in [2.45, 2.75) is 30.7 Å². The average molecular weight is 309 g/mol. The van der Waals surface area contributed by atoms with E-state index < -0.39 is 21.9 Å². The number of carboxylic acid groups (broad SMARTS) is 1. The number of carbonyl (C=O) groups is 1. The third kappa shape index (κ3) is 3.16. The molecule has 1 aromatic rings. The van der Waals surface area contributed by atoms with E-state index in [1.165, 1.54) is 16.4 Å². The first kappa shape index (κ1) is 15.7. The van der Waals surface area contributed by atoms with Gasteiger partial charge in [-0.05, 0) is 37.5 Å². The molecule has 2 rings (SSSR count). The van der Waals surface area contributed by atoms with Crippen molar-refractivity contribution in [1.82, 2.24) is 4.31 Å². The number of sulfonamides is 1. The lowest BCUT2D eigenvalue weighted by Crippen LogP contribution is -2.47. The van der Waals surface area contributed by atoms with Gasteiger partial charge in [0.25, 0.3) is 0 Å². The summed E-state index contributed by atoms with van der Waals surface area (Å²) in [5.41, 5.74) is 0.837. The average Bonchev–Trinajstić information content (AvgIpc) is 2.47. The van der Waals surface area contributed by atoms with E-state index in [9.17, 15) is 13.2 Å². The van der Waals surface area contributed by atoms with Gasteiger partial charge in [0.05, 0.1) is 10.8 Å². The van der Waals surface area contributed by atoms with E-state index in [0.29, 0.717) is 12.8 Å². The lowest BCUT2D eigenvalue weighted by Gasteiger charge is -2.35. The molecule has 21 heavy (non-hydrogen) atoms. The first-order valence-electron chi connectivity index (χ1n) is 6.83. The SMILES string of the molecule is C=Cc1ccc(S(=O)(=O)N2CC(C(=O)O)CCC2C)cc1. The summed E-state index contributed by atoms with van der Waals surface area (Å²) < 4.78 is 26.6. The Morgan fingerprint density at radius 1 is 1.33 bits per heavy atom. The normalized spacial score (nSPS) is 23.7. The van der Waals surface area contributed by atoms with Crippen molar-refractivity contribution >= 4 is 22.1 Å². The highest BCUT2D eigenvalue weighted by Crippen LogP contribution is 2.28. The van der Waals surface area contributed by atoms with Crippen molar-refractivity contribution in [3.8, 4) is 0 Å². The maximum absolute atomic E-state index is 12.7. The van der Waals surface area contributed by atoms with Crippen LogP contribution in [0.3, 0.4) is 0 Å². The molecule has 6 heteroatoms. The van der Waals surface area contributed by atoms with Crippen LogP contribution in [0.1, 0.15) is 25.3 Å². The Kier molecular flexibility index (Phi) is 4.49. The quantitative estimate of drug-likeness (QED) is 0.925.